The lowest BCUT2D eigenvalue weighted by molar-refractivity contribution is -0.543. The molecule has 0 fully saturated rings. The normalized spacial score (nSPS) is 14.4. The molecule has 2 aromatic rings. The standard InChI is InChI=1S/C32H36F16N2O4/c1-2-3-4-5-7-10-21-17-49-25(50-18-21)22-12-14-24(15-13-22)52-16-9-6-8-11-23(33)19-51-20-26(34,35)53-31(45,46)32(47,48)54-30(43,44)28(38,39)27(36,37)29(40,41)42/h12-15,17-18,23H,2-11,16,19-20H2,1H3/t23-/m1/s1. The molecule has 6 nitrogen and oxygen atoms in total. The molecule has 22 heteroatoms. The van der Waals surface area contributed by atoms with E-state index in [2.05, 4.69) is 26.4 Å². The van der Waals surface area contributed by atoms with Crippen molar-refractivity contribution < 1.29 is 89.2 Å². The van der Waals surface area contributed by atoms with Gasteiger partial charge in [0.1, 0.15) is 18.5 Å². The number of unbranched alkanes of at least 4 members (excludes halogenated alkanes) is 6. The van der Waals surface area contributed by atoms with E-state index in [1.165, 1.54) is 19.3 Å². The van der Waals surface area contributed by atoms with Crippen molar-refractivity contribution in [3.8, 4) is 17.1 Å². The van der Waals surface area contributed by atoms with E-state index in [0.29, 0.717) is 24.4 Å². The third kappa shape index (κ3) is 13.3. The average Bonchev–Trinajstić information content (AvgIpc) is 3.05. The van der Waals surface area contributed by atoms with Gasteiger partial charge in [-0.2, -0.15) is 65.9 Å². The second-order valence-corrected chi connectivity index (χ2v) is 12.0. The van der Waals surface area contributed by atoms with Gasteiger partial charge in [0.2, 0.25) is 0 Å². The molecule has 2 rings (SSSR count). The second kappa shape index (κ2) is 19.1. The Balaban J connectivity index is 1.72. The van der Waals surface area contributed by atoms with Gasteiger partial charge in [0.15, 0.2) is 5.82 Å². The van der Waals surface area contributed by atoms with Gasteiger partial charge in [0.25, 0.3) is 0 Å². The lowest BCUT2D eigenvalue weighted by atomic mass is 10.1. The van der Waals surface area contributed by atoms with Crippen LogP contribution in [0.5, 0.6) is 5.75 Å². The van der Waals surface area contributed by atoms with E-state index in [4.69, 9.17) is 4.74 Å². The molecule has 1 heterocycles. The number of aryl methyl sites for hydroxylation is 1. The first-order valence-electron chi connectivity index (χ1n) is 16.3. The number of aromatic nitrogens is 2. The van der Waals surface area contributed by atoms with E-state index in [0.717, 1.165) is 30.4 Å². The summed E-state index contributed by atoms with van der Waals surface area (Å²) >= 11 is 0. The van der Waals surface area contributed by atoms with E-state index in [9.17, 15) is 70.2 Å². The molecule has 54 heavy (non-hydrogen) atoms. The van der Waals surface area contributed by atoms with Crippen LogP contribution >= 0.6 is 0 Å². The number of benzene rings is 1. The van der Waals surface area contributed by atoms with Gasteiger partial charge in [-0.25, -0.2) is 23.8 Å². The molecule has 1 aromatic heterocycles. The number of alkyl halides is 16. The van der Waals surface area contributed by atoms with E-state index in [1.54, 1.807) is 41.4 Å². The van der Waals surface area contributed by atoms with Gasteiger partial charge >= 0.3 is 42.5 Å². The minimum absolute atomic E-state index is 0.125. The van der Waals surface area contributed by atoms with Crippen molar-refractivity contribution in [2.24, 2.45) is 0 Å². The minimum Gasteiger partial charge on any atom is -0.494 e. The number of nitrogens with zero attached hydrogens (tertiary/aromatic N) is 2. The van der Waals surface area contributed by atoms with E-state index >= 15 is 0 Å². The van der Waals surface area contributed by atoms with Crippen molar-refractivity contribution in [2.75, 3.05) is 19.8 Å². The molecule has 0 aliphatic heterocycles. The summed E-state index contributed by atoms with van der Waals surface area (Å²) in [6.07, 6.45) is -26.6. The van der Waals surface area contributed by atoms with Gasteiger partial charge in [-0.15, -0.1) is 0 Å². The molecule has 0 saturated heterocycles. The molecular formula is C32H36F16N2O4. The monoisotopic (exact) mass is 816 g/mol. The Morgan fingerprint density at radius 3 is 1.76 bits per heavy atom. The van der Waals surface area contributed by atoms with Crippen LogP contribution in [0.3, 0.4) is 0 Å². The Kier molecular flexibility index (Phi) is 16.7. The Morgan fingerprint density at radius 2 is 1.19 bits per heavy atom. The van der Waals surface area contributed by atoms with Gasteiger partial charge in [-0.1, -0.05) is 39.0 Å². The molecule has 0 bridgehead atoms. The van der Waals surface area contributed by atoms with E-state index in [1.807, 2.05) is 0 Å². The maximum Gasteiger partial charge on any atom is 0.460 e. The lowest BCUT2D eigenvalue weighted by Gasteiger charge is -2.36. The molecule has 0 aliphatic carbocycles. The Morgan fingerprint density at radius 1 is 0.630 bits per heavy atom. The van der Waals surface area contributed by atoms with Crippen molar-refractivity contribution >= 4 is 0 Å². The van der Waals surface area contributed by atoms with Crippen molar-refractivity contribution in [2.45, 2.75) is 120 Å². The van der Waals surface area contributed by atoms with E-state index in [-0.39, 0.29) is 19.4 Å². The van der Waals surface area contributed by atoms with Crippen LogP contribution in [0, 0.1) is 0 Å². The topological polar surface area (TPSA) is 62.7 Å². The zero-order valence-electron chi connectivity index (χ0n) is 28.3. The third-order valence-corrected chi connectivity index (χ3v) is 7.37. The minimum atomic E-state index is -7.95. The van der Waals surface area contributed by atoms with Gasteiger partial charge in [0, 0.05) is 18.0 Å². The zero-order valence-corrected chi connectivity index (χ0v) is 28.3. The fraction of sp³-hybridized carbons (Fsp3) is 0.688. The van der Waals surface area contributed by atoms with Gasteiger partial charge in [-0.05, 0) is 61.9 Å². The number of hydrogen-bond acceptors (Lipinski definition) is 6. The van der Waals surface area contributed by atoms with Crippen LogP contribution in [0.4, 0.5) is 70.2 Å². The first-order chi connectivity index (χ1) is 24.8. The maximum absolute atomic E-state index is 14.0. The number of hydrogen-bond donors (Lipinski definition) is 0. The fourth-order valence-corrected chi connectivity index (χ4v) is 4.41. The maximum atomic E-state index is 14.0. The Bertz CT molecular complexity index is 1390. The second-order valence-electron chi connectivity index (χ2n) is 12.0. The highest BCUT2D eigenvalue weighted by Gasteiger charge is 2.85. The highest BCUT2D eigenvalue weighted by Crippen LogP contribution is 2.56. The predicted octanol–water partition coefficient (Wildman–Crippen LogP) is 11.2. The largest absolute Gasteiger partial charge is 0.494 e. The number of halogens is 16. The molecule has 310 valence electrons. The van der Waals surface area contributed by atoms with E-state index < -0.39 is 61.8 Å². The molecule has 1 aromatic carbocycles. The molecule has 0 spiro atoms. The zero-order chi connectivity index (χ0) is 41.1. The van der Waals surface area contributed by atoms with Crippen LogP contribution < -0.4 is 4.74 Å². The summed E-state index contributed by atoms with van der Waals surface area (Å²) in [6.45, 7) is -1.38. The molecule has 0 radical (unpaired) electrons. The SMILES string of the molecule is CCCCCCCc1cnc(-c2ccc(OCCCCC[C@@H](F)COCC(F)(F)OC(F)(F)C(F)(F)OC(F)(F)C(F)(F)C(F)(F)C(F)(F)F)cc2)nc1. The molecule has 0 aliphatic rings. The summed E-state index contributed by atoms with van der Waals surface area (Å²) in [5.41, 5.74) is 1.79. The first-order valence-corrected chi connectivity index (χ1v) is 16.3. The summed E-state index contributed by atoms with van der Waals surface area (Å²) in [4.78, 5) is 8.80. The Labute approximate surface area is 298 Å². The highest BCUT2D eigenvalue weighted by molar-refractivity contribution is 5.55. The van der Waals surface area contributed by atoms with Crippen LogP contribution in [-0.2, 0) is 20.6 Å². The summed E-state index contributed by atoms with van der Waals surface area (Å²) in [6, 6.07) is 6.88. The first kappa shape index (κ1) is 47.0. The van der Waals surface area contributed by atoms with Gasteiger partial charge in [0.05, 0.1) is 13.2 Å². The van der Waals surface area contributed by atoms with Crippen LogP contribution in [0.1, 0.15) is 70.3 Å². The molecule has 0 saturated carbocycles. The van der Waals surface area contributed by atoms with Crippen molar-refractivity contribution in [3.05, 3.63) is 42.2 Å². The predicted molar refractivity (Wildman–Crippen MR) is 158 cm³/mol. The van der Waals surface area contributed by atoms with Crippen molar-refractivity contribution in [3.63, 3.8) is 0 Å². The molecule has 0 amide bonds. The summed E-state index contributed by atoms with van der Waals surface area (Å²) in [7, 11) is 0. The summed E-state index contributed by atoms with van der Waals surface area (Å²) in [5.74, 6) is -14.7. The summed E-state index contributed by atoms with van der Waals surface area (Å²) < 4.78 is 223. The smallest absolute Gasteiger partial charge is 0.460 e. The van der Waals surface area contributed by atoms with Crippen LogP contribution in [0.2, 0.25) is 0 Å². The van der Waals surface area contributed by atoms with Crippen molar-refractivity contribution in [1.82, 2.24) is 9.97 Å². The summed E-state index contributed by atoms with van der Waals surface area (Å²) in [5, 5.41) is 0. The van der Waals surface area contributed by atoms with Crippen molar-refractivity contribution in [1.29, 1.82) is 0 Å². The third-order valence-electron chi connectivity index (χ3n) is 7.37. The van der Waals surface area contributed by atoms with Crippen LogP contribution in [0.25, 0.3) is 11.4 Å². The molecular weight excluding hydrogens is 780 g/mol. The number of ether oxygens (including phenoxy) is 4. The molecule has 0 N–H and O–H groups in total. The van der Waals surface area contributed by atoms with Gasteiger partial charge in [-0.3, -0.25) is 0 Å². The van der Waals surface area contributed by atoms with Gasteiger partial charge < -0.3 is 9.47 Å². The highest BCUT2D eigenvalue weighted by atomic mass is 19.4. The lowest BCUT2D eigenvalue weighted by Crippen LogP contribution is -2.64. The molecule has 0 unspecified atom stereocenters. The Hall–Kier alpha value is -3.14. The van der Waals surface area contributed by atoms with Crippen LogP contribution in [-0.4, -0.2) is 78.4 Å². The van der Waals surface area contributed by atoms with Crippen LogP contribution in [0.15, 0.2) is 36.7 Å². The molecule has 1 atom stereocenters. The average molecular weight is 817 g/mol. The quantitative estimate of drug-likeness (QED) is 0.0735. The number of rotatable bonds is 25. The fourth-order valence-electron chi connectivity index (χ4n) is 4.41.